The standard InChI is InChI=1S/C25H26FN3O2/c1-17-21(4-3-5-22(17)26)25(9-10-25)24(31)29-15-19-13-28(14-20(19)16-29)23(30)7-6-18-8-11-27(2)12-18/h3-8,11-12H,9-10,13-16H2,1-2H3/b7-6+. The molecule has 6 heteroatoms. The third kappa shape index (κ3) is 3.40. The van der Waals surface area contributed by atoms with Gasteiger partial charge in [-0.3, -0.25) is 9.59 Å². The van der Waals surface area contributed by atoms with E-state index in [0.29, 0.717) is 31.7 Å². The Morgan fingerprint density at radius 1 is 1.03 bits per heavy atom. The second-order valence-corrected chi connectivity index (χ2v) is 9.00. The number of benzene rings is 1. The van der Waals surface area contributed by atoms with E-state index in [0.717, 1.165) is 24.0 Å². The molecule has 0 atom stereocenters. The fraction of sp³-hybridized carbons (Fsp3) is 0.360. The van der Waals surface area contributed by atoms with Crippen LogP contribution in [0.3, 0.4) is 0 Å². The van der Waals surface area contributed by atoms with Crippen LogP contribution in [0.5, 0.6) is 0 Å². The van der Waals surface area contributed by atoms with E-state index in [-0.39, 0.29) is 17.6 Å². The minimum atomic E-state index is -0.570. The summed E-state index contributed by atoms with van der Waals surface area (Å²) in [6.45, 7) is 4.03. The molecule has 5 rings (SSSR count). The van der Waals surface area contributed by atoms with E-state index in [4.69, 9.17) is 0 Å². The monoisotopic (exact) mass is 419 g/mol. The fourth-order valence-corrected chi connectivity index (χ4v) is 4.93. The largest absolute Gasteiger partial charge is 0.357 e. The van der Waals surface area contributed by atoms with E-state index in [9.17, 15) is 14.0 Å². The molecule has 3 aliphatic rings. The van der Waals surface area contributed by atoms with Crippen molar-refractivity contribution < 1.29 is 14.0 Å². The van der Waals surface area contributed by atoms with Gasteiger partial charge in [0.2, 0.25) is 11.8 Å². The molecule has 31 heavy (non-hydrogen) atoms. The van der Waals surface area contributed by atoms with Crippen LogP contribution in [-0.2, 0) is 22.1 Å². The van der Waals surface area contributed by atoms with Crippen molar-refractivity contribution in [1.29, 1.82) is 0 Å². The van der Waals surface area contributed by atoms with Gasteiger partial charge in [0.15, 0.2) is 0 Å². The van der Waals surface area contributed by atoms with Crippen molar-refractivity contribution in [2.45, 2.75) is 25.2 Å². The van der Waals surface area contributed by atoms with Gasteiger partial charge in [-0.2, -0.15) is 0 Å². The van der Waals surface area contributed by atoms with Crippen molar-refractivity contribution in [2.24, 2.45) is 7.05 Å². The number of amides is 2. The number of aryl methyl sites for hydroxylation is 1. The number of carbonyl (C=O) groups is 2. The molecule has 0 spiro atoms. The zero-order chi connectivity index (χ0) is 21.8. The first kappa shape index (κ1) is 19.8. The van der Waals surface area contributed by atoms with Gasteiger partial charge >= 0.3 is 0 Å². The highest BCUT2D eigenvalue weighted by Gasteiger charge is 2.54. The number of rotatable bonds is 4. The molecule has 160 valence electrons. The molecule has 2 aromatic rings. The summed E-state index contributed by atoms with van der Waals surface area (Å²) in [6.07, 6.45) is 8.90. The van der Waals surface area contributed by atoms with Crippen LogP contribution in [0, 0.1) is 12.7 Å². The van der Waals surface area contributed by atoms with Crippen molar-refractivity contribution >= 4 is 17.9 Å². The highest BCUT2D eigenvalue weighted by molar-refractivity contribution is 5.94. The molecule has 1 aliphatic carbocycles. The molecule has 3 heterocycles. The van der Waals surface area contributed by atoms with Crippen LogP contribution in [0.4, 0.5) is 4.39 Å². The lowest BCUT2D eigenvalue weighted by molar-refractivity contribution is -0.132. The van der Waals surface area contributed by atoms with Gasteiger partial charge < -0.3 is 14.4 Å². The molecular formula is C25H26FN3O2. The minimum absolute atomic E-state index is 0.00909. The van der Waals surface area contributed by atoms with Gasteiger partial charge in [-0.15, -0.1) is 0 Å². The fourth-order valence-electron chi connectivity index (χ4n) is 4.93. The summed E-state index contributed by atoms with van der Waals surface area (Å²) < 4.78 is 16.0. The van der Waals surface area contributed by atoms with Crippen molar-refractivity contribution in [2.75, 3.05) is 26.2 Å². The lowest BCUT2D eigenvalue weighted by Crippen LogP contribution is -2.41. The maximum absolute atomic E-state index is 14.1. The van der Waals surface area contributed by atoms with Gasteiger partial charge in [0.05, 0.1) is 5.41 Å². The minimum Gasteiger partial charge on any atom is -0.357 e. The average Bonchev–Trinajstić information content (AvgIpc) is 3.05. The Morgan fingerprint density at radius 3 is 2.32 bits per heavy atom. The van der Waals surface area contributed by atoms with Crippen molar-refractivity contribution in [3.05, 3.63) is 76.4 Å². The third-order valence-electron chi connectivity index (χ3n) is 6.84. The SMILES string of the molecule is Cc1c(F)cccc1C1(C(=O)N2CC3=C(CN(C(=O)/C=C/c4ccn(C)c4)C3)C2)CC1. The molecule has 0 bridgehead atoms. The molecule has 1 aromatic carbocycles. The summed E-state index contributed by atoms with van der Waals surface area (Å²) in [5, 5.41) is 0. The molecule has 2 aliphatic heterocycles. The molecule has 0 radical (unpaired) electrons. The molecule has 2 amide bonds. The summed E-state index contributed by atoms with van der Waals surface area (Å²) in [7, 11) is 1.95. The molecule has 0 unspecified atom stereocenters. The predicted octanol–water partition coefficient (Wildman–Crippen LogP) is 3.20. The Labute approximate surface area is 181 Å². The second kappa shape index (κ2) is 7.22. The number of nitrogens with zero attached hydrogens (tertiary/aromatic N) is 3. The summed E-state index contributed by atoms with van der Waals surface area (Å²) >= 11 is 0. The van der Waals surface area contributed by atoms with Crippen molar-refractivity contribution in [3.8, 4) is 0 Å². The molecule has 1 saturated carbocycles. The first-order chi connectivity index (χ1) is 14.9. The van der Waals surface area contributed by atoms with Gasteiger partial charge in [0.25, 0.3) is 0 Å². The van der Waals surface area contributed by atoms with E-state index in [2.05, 4.69) is 0 Å². The van der Waals surface area contributed by atoms with E-state index in [1.54, 1.807) is 19.1 Å². The van der Waals surface area contributed by atoms with E-state index < -0.39 is 5.41 Å². The van der Waals surface area contributed by atoms with Crippen LogP contribution < -0.4 is 0 Å². The summed E-state index contributed by atoms with van der Waals surface area (Å²) in [5.41, 5.74) is 4.17. The third-order valence-corrected chi connectivity index (χ3v) is 6.84. The van der Waals surface area contributed by atoms with Crippen LogP contribution in [0.2, 0.25) is 0 Å². The normalized spacial score (nSPS) is 19.5. The Morgan fingerprint density at radius 2 is 1.71 bits per heavy atom. The first-order valence-corrected chi connectivity index (χ1v) is 10.7. The maximum atomic E-state index is 14.1. The van der Waals surface area contributed by atoms with Crippen LogP contribution in [-0.4, -0.2) is 52.4 Å². The van der Waals surface area contributed by atoms with Gasteiger partial charge in [0, 0.05) is 51.7 Å². The zero-order valence-corrected chi connectivity index (χ0v) is 17.9. The summed E-state index contributed by atoms with van der Waals surface area (Å²) in [4.78, 5) is 29.7. The zero-order valence-electron chi connectivity index (χ0n) is 17.9. The Kier molecular flexibility index (Phi) is 4.61. The van der Waals surface area contributed by atoms with Crippen molar-refractivity contribution in [1.82, 2.24) is 14.4 Å². The van der Waals surface area contributed by atoms with E-state index in [1.807, 2.05) is 52.0 Å². The lowest BCUT2D eigenvalue weighted by Gasteiger charge is -2.27. The highest BCUT2D eigenvalue weighted by Crippen LogP contribution is 2.51. The Hall–Kier alpha value is -3.15. The maximum Gasteiger partial charge on any atom is 0.247 e. The average molecular weight is 420 g/mol. The van der Waals surface area contributed by atoms with Gasteiger partial charge in [-0.05, 0) is 65.8 Å². The summed E-state index contributed by atoms with van der Waals surface area (Å²) in [5.74, 6) is -0.168. The van der Waals surface area contributed by atoms with Crippen LogP contribution in [0.1, 0.15) is 29.5 Å². The van der Waals surface area contributed by atoms with Crippen molar-refractivity contribution in [3.63, 3.8) is 0 Å². The second-order valence-electron chi connectivity index (χ2n) is 9.00. The van der Waals surface area contributed by atoms with Gasteiger partial charge in [-0.25, -0.2) is 4.39 Å². The molecule has 5 nitrogen and oxygen atoms in total. The molecule has 1 aromatic heterocycles. The molecule has 1 fully saturated rings. The molecule has 0 saturated heterocycles. The van der Waals surface area contributed by atoms with Gasteiger partial charge in [-0.1, -0.05) is 12.1 Å². The van der Waals surface area contributed by atoms with E-state index >= 15 is 0 Å². The number of hydrogen-bond acceptors (Lipinski definition) is 2. The highest BCUT2D eigenvalue weighted by atomic mass is 19.1. The van der Waals surface area contributed by atoms with Gasteiger partial charge in [0.1, 0.15) is 5.82 Å². The number of hydrogen-bond donors (Lipinski definition) is 0. The number of halogens is 1. The van der Waals surface area contributed by atoms with Crippen LogP contribution >= 0.6 is 0 Å². The molecule has 0 N–H and O–H groups in total. The smallest absolute Gasteiger partial charge is 0.247 e. The topological polar surface area (TPSA) is 45.6 Å². The Bertz CT molecular complexity index is 1120. The summed E-state index contributed by atoms with van der Waals surface area (Å²) in [6, 6.07) is 6.99. The number of aromatic nitrogens is 1. The molecular weight excluding hydrogens is 393 g/mol. The predicted molar refractivity (Wildman–Crippen MR) is 117 cm³/mol. The van der Waals surface area contributed by atoms with Crippen LogP contribution in [0.25, 0.3) is 6.08 Å². The quantitative estimate of drug-likeness (QED) is 0.564. The first-order valence-electron chi connectivity index (χ1n) is 10.7. The number of carbonyl (C=O) groups excluding carboxylic acids is 2. The lowest BCUT2D eigenvalue weighted by atomic mass is 9.90. The Balaban J connectivity index is 1.22. The van der Waals surface area contributed by atoms with E-state index in [1.165, 1.54) is 17.2 Å². The van der Waals surface area contributed by atoms with Crippen LogP contribution in [0.15, 0.2) is 53.9 Å².